The molecule has 0 amide bonds. The van der Waals surface area contributed by atoms with E-state index in [4.69, 9.17) is 0 Å². The fourth-order valence-corrected chi connectivity index (χ4v) is 5.41. The molecular formula is C6H6N2Se2. The number of aryl methyl sites for hydroxylation is 2. The van der Waals surface area contributed by atoms with Crippen LogP contribution in [0.4, 0.5) is 0 Å². The SMILES string of the molecule is Cc1nc2[se]c(C)nc2[se]1. The Kier molecular flexibility index (Phi) is 1.57. The first-order valence-electron chi connectivity index (χ1n) is 2.96. The second-order valence-electron chi connectivity index (χ2n) is 2.08. The summed E-state index contributed by atoms with van der Waals surface area (Å²) >= 11 is 0.934. The fourth-order valence-electron chi connectivity index (χ4n) is 0.840. The van der Waals surface area contributed by atoms with Crippen LogP contribution in [-0.2, 0) is 0 Å². The first kappa shape index (κ1) is 6.81. The summed E-state index contributed by atoms with van der Waals surface area (Å²) in [5.74, 6) is 0. The van der Waals surface area contributed by atoms with Gasteiger partial charge < -0.3 is 0 Å². The van der Waals surface area contributed by atoms with Gasteiger partial charge in [-0.05, 0) is 0 Å². The molecule has 4 heteroatoms. The summed E-state index contributed by atoms with van der Waals surface area (Å²) in [6.45, 7) is 4.19. The summed E-state index contributed by atoms with van der Waals surface area (Å²) in [4.78, 5) is 8.88. The van der Waals surface area contributed by atoms with Crippen LogP contribution in [0.3, 0.4) is 0 Å². The number of hydrogen-bond acceptors (Lipinski definition) is 2. The molecule has 10 heavy (non-hydrogen) atoms. The van der Waals surface area contributed by atoms with E-state index in [1.807, 2.05) is 0 Å². The zero-order valence-electron chi connectivity index (χ0n) is 5.71. The van der Waals surface area contributed by atoms with Gasteiger partial charge in [-0.15, -0.1) is 0 Å². The maximum absolute atomic E-state index is 4.44. The third kappa shape index (κ3) is 1.02. The molecule has 0 N–H and O–H groups in total. The first-order valence-corrected chi connectivity index (χ1v) is 6.39. The van der Waals surface area contributed by atoms with Crippen LogP contribution in [0.15, 0.2) is 0 Å². The number of fused-ring (bicyclic) bond motifs is 1. The Hall–Kier alpha value is 0.119. The summed E-state index contributed by atoms with van der Waals surface area (Å²) in [5.41, 5.74) is 0. The summed E-state index contributed by atoms with van der Waals surface area (Å²) < 4.78 is 5.16. The third-order valence-corrected chi connectivity index (χ3v) is 5.47. The van der Waals surface area contributed by atoms with Crippen molar-refractivity contribution in [3.05, 3.63) is 9.14 Å². The van der Waals surface area contributed by atoms with Crippen molar-refractivity contribution >= 4 is 37.8 Å². The van der Waals surface area contributed by atoms with Crippen molar-refractivity contribution in [1.82, 2.24) is 9.97 Å². The Morgan fingerprint density at radius 3 is 1.70 bits per heavy atom. The Morgan fingerprint density at radius 2 is 1.30 bits per heavy atom. The van der Waals surface area contributed by atoms with Gasteiger partial charge in [0.15, 0.2) is 0 Å². The minimum absolute atomic E-state index is 0.467. The quantitative estimate of drug-likeness (QED) is 0.642. The molecule has 2 aromatic heterocycles. The van der Waals surface area contributed by atoms with Gasteiger partial charge in [0.25, 0.3) is 0 Å². The monoisotopic (exact) mass is 266 g/mol. The zero-order chi connectivity index (χ0) is 7.14. The van der Waals surface area contributed by atoms with Crippen LogP contribution >= 0.6 is 0 Å². The molecule has 52 valence electrons. The van der Waals surface area contributed by atoms with E-state index in [-0.39, 0.29) is 0 Å². The molecule has 0 spiro atoms. The van der Waals surface area contributed by atoms with Gasteiger partial charge in [-0.3, -0.25) is 0 Å². The van der Waals surface area contributed by atoms with Crippen molar-refractivity contribution in [3.8, 4) is 0 Å². The first-order chi connectivity index (χ1) is 4.75. The van der Waals surface area contributed by atoms with Crippen molar-refractivity contribution in [1.29, 1.82) is 0 Å². The molecule has 2 nitrogen and oxygen atoms in total. The predicted molar refractivity (Wildman–Crippen MR) is 42.9 cm³/mol. The predicted octanol–water partition coefficient (Wildman–Crippen LogP) is 0.361. The van der Waals surface area contributed by atoms with E-state index in [1.165, 1.54) is 17.9 Å². The van der Waals surface area contributed by atoms with Crippen molar-refractivity contribution in [3.63, 3.8) is 0 Å². The normalized spacial score (nSPS) is 11.0. The van der Waals surface area contributed by atoms with E-state index in [9.17, 15) is 0 Å². The molecule has 0 atom stereocenters. The van der Waals surface area contributed by atoms with Crippen LogP contribution in [0, 0.1) is 13.8 Å². The maximum atomic E-state index is 4.44. The van der Waals surface area contributed by atoms with Gasteiger partial charge >= 0.3 is 70.7 Å². The topological polar surface area (TPSA) is 25.8 Å². The van der Waals surface area contributed by atoms with Crippen LogP contribution in [0.1, 0.15) is 9.14 Å². The van der Waals surface area contributed by atoms with Gasteiger partial charge in [0.05, 0.1) is 0 Å². The molecule has 0 saturated carbocycles. The van der Waals surface area contributed by atoms with E-state index in [1.54, 1.807) is 0 Å². The molecule has 0 bridgehead atoms. The molecule has 0 aliphatic heterocycles. The van der Waals surface area contributed by atoms with Crippen molar-refractivity contribution in [2.45, 2.75) is 13.8 Å². The molecule has 2 rings (SSSR count). The number of rotatable bonds is 0. The Bertz CT molecular complexity index is 298. The fraction of sp³-hybridized carbons (Fsp3) is 0.333. The molecule has 0 fully saturated rings. The van der Waals surface area contributed by atoms with Crippen LogP contribution < -0.4 is 0 Å². The van der Waals surface area contributed by atoms with Gasteiger partial charge in [0, 0.05) is 0 Å². The average molecular weight is 264 g/mol. The average Bonchev–Trinajstić information content (AvgIpc) is 2.21. The van der Waals surface area contributed by atoms with E-state index >= 15 is 0 Å². The number of nitrogens with zero attached hydrogens (tertiary/aromatic N) is 2. The Morgan fingerprint density at radius 1 is 0.900 bits per heavy atom. The van der Waals surface area contributed by atoms with Crippen molar-refractivity contribution in [2.24, 2.45) is 0 Å². The second-order valence-corrected chi connectivity index (χ2v) is 7.03. The summed E-state index contributed by atoms with van der Waals surface area (Å²) in [5, 5.41) is 0. The molecule has 0 unspecified atom stereocenters. The van der Waals surface area contributed by atoms with E-state index in [0.29, 0.717) is 29.0 Å². The van der Waals surface area contributed by atoms with Crippen LogP contribution in [-0.4, -0.2) is 39.0 Å². The van der Waals surface area contributed by atoms with Crippen molar-refractivity contribution in [2.75, 3.05) is 0 Å². The van der Waals surface area contributed by atoms with E-state index in [2.05, 4.69) is 23.8 Å². The Balaban J connectivity index is 2.83. The molecule has 2 heterocycles. The van der Waals surface area contributed by atoms with Gasteiger partial charge in [0.1, 0.15) is 0 Å². The van der Waals surface area contributed by atoms with Crippen LogP contribution in [0.5, 0.6) is 0 Å². The van der Waals surface area contributed by atoms with Crippen LogP contribution in [0.25, 0.3) is 8.78 Å². The molecule has 0 aliphatic carbocycles. The summed E-state index contributed by atoms with van der Waals surface area (Å²) in [7, 11) is 0. The van der Waals surface area contributed by atoms with Crippen LogP contribution in [0.2, 0.25) is 0 Å². The standard InChI is InChI=1S/C6H6N2Se2/c1-3-7-5-6(9-3)8-4(2)10-5/h1-2H3. The third-order valence-electron chi connectivity index (χ3n) is 1.19. The Labute approximate surface area is 70.8 Å². The molecular weight excluding hydrogens is 258 g/mol. The van der Waals surface area contributed by atoms with Gasteiger partial charge in [-0.25, -0.2) is 0 Å². The van der Waals surface area contributed by atoms with E-state index in [0.717, 1.165) is 0 Å². The molecule has 0 aliphatic rings. The summed E-state index contributed by atoms with van der Waals surface area (Å²) in [6.07, 6.45) is 0. The molecule has 2 aromatic rings. The van der Waals surface area contributed by atoms with Gasteiger partial charge in [-0.2, -0.15) is 0 Å². The molecule has 0 saturated heterocycles. The van der Waals surface area contributed by atoms with Gasteiger partial charge in [-0.1, -0.05) is 0 Å². The number of aromatic nitrogens is 2. The van der Waals surface area contributed by atoms with E-state index < -0.39 is 0 Å². The zero-order valence-corrected chi connectivity index (χ0v) is 9.14. The number of hydrogen-bond donors (Lipinski definition) is 0. The van der Waals surface area contributed by atoms with Crippen molar-refractivity contribution < 1.29 is 0 Å². The second kappa shape index (κ2) is 2.31. The molecule has 0 aromatic carbocycles. The van der Waals surface area contributed by atoms with Gasteiger partial charge in [0.2, 0.25) is 0 Å². The molecule has 0 radical (unpaired) electrons. The summed E-state index contributed by atoms with van der Waals surface area (Å²) in [6, 6.07) is 0. The minimum atomic E-state index is 0.467.